The largest absolute Gasteiger partial charge is 0.373 e. The predicted octanol–water partition coefficient (Wildman–Crippen LogP) is 2.85. The lowest BCUT2D eigenvalue weighted by Crippen LogP contribution is -2.48. The van der Waals surface area contributed by atoms with Crippen molar-refractivity contribution in [3.05, 3.63) is 48.2 Å². The van der Waals surface area contributed by atoms with Crippen LogP contribution in [-0.2, 0) is 14.8 Å². The lowest BCUT2D eigenvalue weighted by molar-refractivity contribution is -0.0440. The summed E-state index contributed by atoms with van der Waals surface area (Å²) in [7, 11) is -3.71. The normalized spacial score (nSPS) is 20.7. The Bertz CT molecular complexity index is 938. The number of morpholine rings is 1. The van der Waals surface area contributed by atoms with Crippen LogP contribution in [0.3, 0.4) is 0 Å². The Morgan fingerprint density at radius 2 is 1.93 bits per heavy atom. The van der Waals surface area contributed by atoms with Gasteiger partial charge in [0.1, 0.15) is 0 Å². The summed E-state index contributed by atoms with van der Waals surface area (Å²) in [6.45, 7) is 4.27. The molecule has 1 N–H and O–H groups in total. The average Bonchev–Trinajstić information content (AvgIpc) is 2.68. The van der Waals surface area contributed by atoms with Crippen molar-refractivity contribution in [3.63, 3.8) is 0 Å². The van der Waals surface area contributed by atoms with Crippen molar-refractivity contribution in [3.8, 4) is 0 Å². The van der Waals surface area contributed by atoms with Crippen molar-refractivity contribution in [2.75, 3.05) is 24.7 Å². The number of carbonyl (C=O) groups is 1. The lowest BCUT2D eigenvalue weighted by Gasteiger charge is -2.34. The zero-order valence-corrected chi connectivity index (χ0v) is 17.6. The van der Waals surface area contributed by atoms with Crippen LogP contribution < -0.4 is 5.32 Å². The van der Waals surface area contributed by atoms with Gasteiger partial charge in [-0.2, -0.15) is 4.31 Å². The summed E-state index contributed by atoms with van der Waals surface area (Å²) in [4.78, 5) is 16.9. The highest BCUT2D eigenvalue weighted by atomic mass is 32.2. The third-order valence-corrected chi connectivity index (χ3v) is 6.81. The summed E-state index contributed by atoms with van der Waals surface area (Å²) in [5, 5.41) is 3.59. The summed E-state index contributed by atoms with van der Waals surface area (Å²) in [5.74, 6) is -0.389. The van der Waals surface area contributed by atoms with Crippen LogP contribution >= 0.6 is 11.8 Å². The molecule has 1 aliphatic heterocycles. The number of hydrogen-bond donors (Lipinski definition) is 1. The summed E-state index contributed by atoms with van der Waals surface area (Å²) in [6, 6.07) is 9.63. The van der Waals surface area contributed by atoms with E-state index in [1.54, 1.807) is 24.4 Å². The van der Waals surface area contributed by atoms with Crippen LogP contribution in [0.2, 0.25) is 0 Å². The first kappa shape index (κ1) is 20.8. The van der Waals surface area contributed by atoms with E-state index in [9.17, 15) is 13.2 Å². The molecular weight excluding hydrogens is 398 g/mol. The lowest BCUT2D eigenvalue weighted by atomic mass is 10.2. The van der Waals surface area contributed by atoms with Crippen LogP contribution in [-0.4, -0.2) is 55.2 Å². The summed E-state index contributed by atoms with van der Waals surface area (Å²) >= 11 is 1.51. The number of nitrogens with one attached hydrogen (secondary N) is 1. The molecule has 1 aromatic carbocycles. The fourth-order valence-electron chi connectivity index (χ4n) is 3.05. The van der Waals surface area contributed by atoms with E-state index in [1.165, 1.54) is 28.2 Å². The van der Waals surface area contributed by atoms with Gasteiger partial charge in [0.05, 0.1) is 34.0 Å². The Balaban J connectivity index is 1.79. The zero-order chi connectivity index (χ0) is 20.3. The van der Waals surface area contributed by atoms with Crippen molar-refractivity contribution in [2.45, 2.75) is 36.0 Å². The Morgan fingerprint density at radius 3 is 2.54 bits per heavy atom. The number of amides is 1. The van der Waals surface area contributed by atoms with E-state index < -0.39 is 10.0 Å². The Kier molecular flexibility index (Phi) is 6.39. The van der Waals surface area contributed by atoms with Crippen LogP contribution in [0.25, 0.3) is 0 Å². The molecule has 1 aromatic heterocycles. The maximum atomic E-state index is 13.0. The number of benzene rings is 1. The van der Waals surface area contributed by atoms with Crippen LogP contribution in [0.5, 0.6) is 0 Å². The molecule has 0 radical (unpaired) electrons. The van der Waals surface area contributed by atoms with Gasteiger partial charge < -0.3 is 10.1 Å². The number of thioether (sulfide) groups is 1. The molecule has 1 saturated heterocycles. The Morgan fingerprint density at radius 1 is 1.21 bits per heavy atom. The van der Waals surface area contributed by atoms with Crippen molar-refractivity contribution in [2.24, 2.45) is 0 Å². The number of sulfonamides is 1. The monoisotopic (exact) mass is 421 g/mol. The number of hydrogen-bond acceptors (Lipinski definition) is 6. The number of ether oxygens (including phenoxy) is 1. The van der Waals surface area contributed by atoms with Gasteiger partial charge in [0, 0.05) is 18.7 Å². The zero-order valence-electron chi connectivity index (χ0n) is 16.0. The molecule has 150 valence electrons. The minimum absolute atomic E-state index is 0.0947. The third kappa shape index (κ3) is 4.72. The number of aromatic nitrogens is 1. The molecule has 1 aliphatic rings. The first-order chi connectivity index (χ1) is 13.3. The molecular formula is C19H23N3O4S2. The Labute approximate surface area is 169 Å². The van der Waals surface area contributed by atoms with Crippen molar-refractivity contribution in [1.29, 1.82) is 0 Å². The van der Waals surface area contributed by atoms with E-state index in [4.69, 9.17) is 4.74 Å². The van der Waals surface area contributed by atoms with Crippen molar-refractivity contribution in [1.82, 2.24) is 9.29 Å². The van der Waals surface area contributed by atoms with Gasteiger partial charge in [-0.15, -0.1) is 11.8 Å². The molecule has 1 amide bonds. The molecule has 0 bridgehead atoms. The molecule has 1 fully saturated rings. The Hall–Kier alpha value is -1.94. The number of nitrogens with zero attached hydrogens (tertiary/aromatic N) is 2. The van der Waals surface area contributed by atoms with Gasteiger partial charge in [-0.05, 0) is 50.4 Å². The van der Waals surface area contributed by atoms with Gasteiger partial charge in [0.25, 0.3) is 5.91 Å². The SMILES string of the molecule is CSc1ccc(NC(=O)c2cccc(S(=O)(=O)N3CC(C)OC(C)C3)c2)cn1. The van der Waals surface area contributed by atoms with Gasteiger partial charge in [0.15, 0.2) is 0 Å². The van der Waals surface area contributed by atoms with E-state index in [1.807, 2.05) is 26.2 Å². The minimum Gasteiger partial charge on any atom is -0.373 e. The summed E-state index contributed by atoms with van der Waals surface area (Å²) in [5.41, 5.74) is 0.816. The minimum atomic E-state index is -3.71. The second kappa shape index (κ2) is 8.60. The molecule has 9 heteroatoms. The van der Waals surface area contributed by atoms with Crippen LogP contribution in [0, 0.1) is 0 Å². The molecule has 2 unspecified atom stereocenters. The topological polar surface area (TPSA) is 88.6 Å². The molecule has 0 aliphatic carbocycles. The molecule has 28 heavy (non-hydrogen) atoms. The summed E-state index contributed by atoms with van der Waals surface area (Å²) in [6.07, 6.45) is 3.13. The smallest absolute Gasteiger partial charge is 0.255 e. The molecule has 7 nitrogen and oxygen atoms in total. The molecule has 0 spiro atoms. The van der Waals surface area contributed by atoms with Crippen LogP contribution in [0.1, 0.15) is 24.2 Å². The van der Waals surface area contributed by atoms with E-state index in [2.05, 4.69) is 10.3 Å². The summed E-state index contributed by atoms with van der Waals surface area (Å²) < 4.78 is 33.0. The predicted molar refractivity (Wildman–Crippen MR) is 109 cm³/mol. The van der Waals surface area contributed by atoms with E-state index in [0.29, 0.717) is 5.69 Å². The second-order valence-corrected chi connectivity index (χ2v) is 9.41. The van der Waals surface area contributed by atoms with E-state index in [-0.39, 0.29) is 41.7 Å². The number of pyridine rings is 1. The van der Waals surface area contributed by atoms with Gasteiger partial charge in [-0.3, -0.25) is 4.79 Å². The average molecular weight is 422 g/mol. The van der Waals surface area contributed by atoms with Gasteiger partial charge in [-0.25, -0.2) is 13.4 Å². The van der Waals surface area contributed by atoms with Gasteiger partial charge in [-0.1, -0.05) is 6.07 Å². The third-order valence-electron chi connectivity index (χ3n) is 4.32. The molecule has 0 saturated carbocycles. The van der Waals surface area contributed by atoms with Crippen molar-refractivity contribution < 1.29 is 17.9 Å². The van der Waals surface area contributed by atoms with Crippen LogP contribution in [0.15, 0.2) is 52.5 Å². The fourth-order valence-corrected chi connectivity index (χ4v) is 5.05. The number of carbonyl (C=O) groups excluding carboxylic acids is 1. The molecule has 2 aromatic rings. The highest BCUT2D eigenvalue weighted by Crippen LogP contribution is 2.22. The molecule has 3 rings (SSSR count). The standard InChI is InChI=1S/C19H23N3O4S2/c1-13-11-22(12-14(2)26-13)28(24,25)17-6-4-5-15(9-17)19(23)21-16-7-8-18(27-3)20-10-16/h4-10,13-14H,11-12H2,1-3H3,(H,21,23). The van der Waals surface area contributed by atoms with E-state index >= 15 is 0 Å². The highest BCUT2D eigenvalue weighted by Gasteiger charge is 2.32. The number of anilines is 1. The first-order valence-corrected chi connectivity index (χ1v) is 11.5. The van der Waals surface area contributed by atoms with Crippen molar-refractivity contribution >= 4 is 33.4 Å². The van der Waals surface area contributed by atoms with Crippen LogP contribution in [0.4, 0.5) is 5.69 Å². The molecule has 2 atom stereocenters. The van der Waals surface area contributed by atoms with Gasteiger partial charge in [0.2, 0.25) is 10.0 Å². The first-order valence-electron chi connectivity index (χ1n) is 8.86. The highest BCUT2D eigenvalue weighted by molar-refractivity contribution is 7.98. The maximum Gasteiger partial charge on any atom is 0.255 e. The number of rotatable bonds is 5. The molecule has 2 heterocycles. The quantitative estimate of drug-likeness (QED) is 0.747. The van der Waals surface area contributed by atoms with Gasteiger partial charge >= 0.3 is 0 Å². The second-order valence-electron chi connectivity index (χ2n) is 6.65. The fraction of sp³-hybridized carbons (Fsp3) is 0.368. The maximum absolute atomic E-state index is 13.0. The van der Waals surface area contributed by atoms with E-state index in [0.717, 1.165) is 5.03 Å².